The van der Waals surface area contributed by atoms with Crippen molar-refractivity contribution in [1.82, 2.24) is 0 Å². The normalized spacial score (nSPS) is 20.5. The lowest BCUT2D eigenvalue weighted by atomic mass is 9.99. The van der Waals surface area contributed by atoms with E-state index < -0.39 is 55.5 Å². The predicted molar refractivity (Wildman–Crippen MR) is 279 cm³/mol. The Kier molecular flexibility index (Phi) is 20.9. The Hall–Kier alpha value is -2.72. The Labute approximate surface area is 398 Å². The molecule has 2 aromatic carbocycles. The summed E-state index contributed by atoms with van der Waals surface area (Å²) in [6, 6.07) is 21.5. The van der Waals surface area contributed by atoms with Gasteiger partial charge in [0.05, 0.1) is 36.9 Å². The Morgan fingerprint density at radius 3 is 1.75 bits per heavy atom. The van der Waals surface area contributed by atoms with Crippen LogP contribution in [0.5, 0.6) is 0 Å². The molecule has 0 amide bonds. The highest BCUT2D eigenvalue weighted by molar-refractivity contribution is 6.99. The van der Waals surface area contributed by atoms with Crippen LogP contribution in [0.3, 0.4) is 0 Å². The largest absolute Gasteiger partial charge is 0.458 e. The molecule has 1 heterocycles. The lowest BCUT2D eigenvalue weighted by molar-refractivity contribution is -0.149. The van der Waals surface area contributed by atoms with E-state index in [-0.39, 0.29) is 45.3 Å². The van der Waals surface area contributed by atoms with Gasteiger partial charge in [-0.3, -0.25) is 4.79 Å². The minimum Gasteiger partial charge on any atom is -0.458 e. The van der Waals surface area contributed by atoms with Gasteiger partial charge in [0, 0.05) is 6.42 Å². The van der Waals surface area contributed by atoms with Gasteiger partial charge >= 0.3 is 5.97 Å². The zero-order chi connectivity index (χ0) is 49.0. The van der Waals surface area contributed by atoms with Crippen molar-refractivity contribution in [2.45, 2.75) is 198 Å². The third-order valence-corrected chi connectivity index (χ3v) is 28.2. The number of ether oxygens (including phenoxy) is 3. The zero-order valence-corrected chi connectivity index (χ0v) is 45.9. The van der Waals surface area contributed by atoms with Crippen LogP contribution in [0.2, 0.25) is 41.3 Å². The summed E-state index contributed by atoms with van der Waals surface area (Å²) in [5, 5.41) is 13.6. The van der Waals surface area contributed by atoms with E-state index in [0.29, 0.717) is 25.9 Å². The maximum Gasteiger partial charge on any atom is 0.313 e. The van der Waals surface area contributed by atoms with Gasteiger partial charge in [0.15, 0.2) is 16.6 Å². The molecule has 1 saturated heterocycles. The fourth-order valence-corrected chi connectivity index (χ4v) is 15.4. The number of aliphatic hydroxyl groups is 1. The molecule has 3 rings (SSSR count). The van der Waals surface area contributed by atoms with Crippen LogP contribution in [0.15, 0.2) is 111 Å². The molecule has 65 heavy (non-hydrogen) atoms. The summed E-state index contributed by atoms with van der Waals surface area (Å²) in [6.45, 7) is 47.6. The summed E-state index contributed by atoms with van der Waals surface area (Å²) < 4.78 is 41.8. The van der Waals surface area contributed by atoms with Crippen LogP contribution in [-0.4, -0.2) is 91.5 Å². The topological polar surface area (TPSA) is 92.7 Å². The van der Waals surface area contributed by atoms with Crippen LogP contribution < -0.4 is 10.4 Å². The third kappa shape index (κ3) is 14.9. The standard InChI is InChI=1S/C54H88O8Si3/c1-19-40(5)58-51(56)41(20-2)32-26-23-31-37-44(55)45(21-3)59-46(22-4)50-48(61-63(15,16)52(6,7)8)38-47(60-50)49(62-64(17,18)53(9,10)11)39-57-65(54(12,13)14,42-33-27-24-28-34-42)43-35-29-25-30-36-43/h19-22,24-25,27-30,33-36,40-41,44-50,55H,1-4,23,26,31-32,37-39H2,5-18H3/t40?,41?,44-,45-,46-,47-,48+,49+,50+/m0/s1. The second kappa shape index (κ2) is 24.0. The van der Waals surface area contributed by atoms with Crippen molar-refractivity contribution >= 4 is 41.3 Å². The minimum absolute atomic E-state index is 0.0561. The Morgan fingerprint density at radius 2 is 1.29 bits per heavy atom. The Bertz CT molecular complexity index is 1760. The molecule has 364 valence electrons. The molecule has 0 spiro atoms. The highest BCUT2D eigenvalue weighted by Gasteiger charge is 2.54. The molecule has 0 saturated carbocycles. The predicted octanol–water partition coefficient (Wildman–Crippen LogP) is 11.9. The minimum atomic E-state index is -2.94. The lowest BCUT2D eigenvalue weighted by Crippen LogP contribution is -2.67. The highest BCUT2D eigenvalue weighted by atomic mass is 28.4. The second-order valence-corrected chi connectivity index (χ2v) is 36.0. The van der Waals surface area contributed by atoms with Gasteiger partial charge in [-0.1, -0.05) is 173 Å². The molecule has 0 aromatic heterocycles. The van der Waals surface area contributed by atoms with Crippen LogP contribution in [0.1, 0.15) is 108 Å². The van der Waals surface area contributed by atoms with Crippen molar-refractivity contribution in [3.8, 4) is 0 Å². The van der Waals surface area contributed by atoms with E-state index in [1.165, 1.54) is 10.4 Å². The Balaban J connectivity index is 1.97. The van der Waals surface area contributed by atoms with E-state index in [1.807, 2.05) is 0 Å². The van der Waals surface area contributed by atoms with E-state index in [0.717, 1.165) is 19.3 Å². The molecule has 0 bridgehead atoms. The quantitative estimate of drug-likeness (QED) is 0.0431. The van der Waals surface area contributed by atoms with Gasteiger partial charge in [-0.25, -0.2) is 0 Å². The summed E-state index contributed by atoms with van der Waals surface area (Å²) in [4.78, 5) is 12.6. The molecular weight excluding hydrogens is 861 g/mol. The van der Waals surface area contributed by atoms with Crippen LogP contribution in [0, 0.1) is 5.92 Å². The van der Waals surface area contributed by atoms with Crippen LogP contribution in [0.25, 0.3) is 0 Å². The first kappa shape index (κ1) is 56.6. The zero-order valence-electron chi connectivity index (χ0n) is 42.9. The number of hydrogen-bond donors (Lipinski definition) is 1. The number of carbonyl (C=O) groups excluding carboxylic acids is 1. The number of aliphatic hydroxyl groups excluding tert-OH is 1. The van der Waals surface area contributed by atoms with E-state index in [2.05, 4.69) is 175 Å². The van der Waals surface area contributed by atoms with E-state index >= 15 is 0 Å². The van der Waals surface area contributed by atoms with Crippen LogP contribution >= 0.6 is 0 Å². The first-order valence-corrected chi connectivity index (χ1v) is 31.7. The van der Waals surface area contributed by atoms with Crippen molar-refractivity contribution in [2.24, 2.45) is 5.92 Å². The summed E-state index contributed by atoms with van der Waals surface area (Å²) >= 11 is 0. The maximum absolute atomic E-state index is 12.6. The number of carbonyl (C=O) groups is 1. The molecule has 8 nitrogen and oxygen atoms in total. The molecule has 0 radical (unpaired) electrons. The SMILES string of the molecule is C=CC(C)OC(=O)C(C=C)CCCCC[C@H](O)[C@H](C=C)O[C@@H](C=C)[C@H]1O[C@H]([C@@H](CO[Si](c2ccccc2)(c2ccccc2)C(C)(C)C)O[Si](C)(C)C(C)(C)C)C[C@H]1O[Si](C)(C)C(C)(C)C. The molecular formula is C54H88O8Si3. The molecule has 1 fully saturated rings. The summed E-state index contributed by atoms with van der Waals surface area (Å²) in [5.74, 6) is -0.675. The average Bonchev–Trinajstić information content (AvgIpc) is 3.64. The fraction of sp³-hybridized carbons (Fsp3) is 0.611. The molecule has 11 heteroatoms. The monoisotopic (exact) mass is 949 g/mol. The van der Waals surface area contributed by atoms with Gasteiger partial charge < -0.3 is 32.6 Å². The summed E-state index contributed by atoms with van der Waals surface area (Å²) in [7, 11) is -7.66. The van der Waals surface area contributed by atoms with E-state index in [4.69, 9.17) is 27.5 Å². The number of rotatable bonds is 26. The number of esters is 1. The second-order valence-electron chi connectivity index (χ2n) is 22.1. The van der Waals surface area contributed by atoms with Gasteiger partial charge in [-0.2, -0.15) is 0 Å². The molecule has 1 aliphatic heterocycles. The summed E-state index contributed by atoms with van der Waals surface area (Å²) in [5.41, 5.74) is 0. The van der Waals surface area contributed by atoms with Gasteiger partial charge in [-0.15, -0.1) is 19.7 Å². The Morgan fingerprint density at radius 1 is 0.754 bits per heavy atom. The number of hydrogen-bond acceptors (Lipinski definition) is 8. The van der Waals surface area contributed by atoms with Crippen molar-refractivity contribution < 1.29 is 37.4 Å². The van der Waals surface area contributed by atoms with Crippen LogP contribution in [-0.2, 0) is 32.3 Å². The van der Waals surface area contributed by atoms with E-state index in [1.54, 1.807) is 31.2 Å². The highest BCUT2D eigenvalue weighted by Crippen LogP contribution is 2.44. The molecule has 9 atom stereocenters. The van der Waals surface area contributed by atoms with Gasteiger partial charge in [0.25, 0.3) is 8.32 Å². The molecule has 1 aliphatic rings. The molecule has 2 aromatic rings. The maximum atomic E-state index is 12.6. The summed E-state index contributed by atoms with van der Waals surface area (Å²) in [6.07, 6.45) is 6.66. The van der Waals surface area contributed by atoms with E-state index in [9.17, 15) is 9.90 Å². The van der Waals surface area contributed by atoms with Gasteiger partial charge in [0.1, 0.15) is 24.4 Å². The van der Waals surface area contributed by atoms with Gasteiger partial charge in [0.2, 0.25) is 0 Å². The van der Waals surface area contributed by atoms with Crippen LogP contribution in [0.4, 0.5) is 0 Å². The first-order chi connectivity index (χ1) is 30.2. The van der Waals surface area contributed by atoms with Crippen molar-refractivity contribution in [3.63, 3.8) is 0 Å². The first-order valence-electron chi connectivity index (χ1n) is 24.0. The average molecular weight is 950 g/mol. The third-order valence-electron chi connectivity index (χ3n) is 14.2. The number of unbranched alkanes of at least 4 members (excludes halogenated alkanes) is 2. The lowest BCUT2D eigenvalue weighted by Gasteiger charge is -2.45. The molecule has 0 aliphatic carbocycles. The van der Waals surface area contributed by atoms with Gasteiger partial charge in [-0.05, 0) is 71.4 Å². The van der Waals surface area contributed by atoms with Crippen molar-refractivity contribution in [1.29, 1.82) is 0 Å². The van der Waals surface area contributed by atoms with Crippen molar-refractivity contribution in [3.05, 3.63) is 111 Å². The molecule has 1 N–H and O–H groups in total. The molecule has 2 unspecified atom stereocenters. The van der Waals surface area contributed by atoms with Crippen molar-refractivity contribution in [2.75, 3.05) is 6.61 Å². The number of benzene rings is 2. The fourth-order valence-electron chi connectivity index (χ4n) is 8.11. The smallest absolute Gasteiger partial charge is 0.313 e.